The molecule has 8 heteroatoms. The summed E-state index contributed by atoms with van der Waals surface area (Å²) in [5.74, 6) is 1.31. The van der Waals surface area contributed by atoms with E-state index in [-0.39, 0.29) is 18.1 Å². The number of aryl methyl sites for hydroxylation is 1. The van der Waals surface area contributed by atoms with Gasteiger partial charge in [-0.05, 0) is 50.6 Å². The fourth-order valence-corrected chi connectivity index (χ4v) is 3.68. The predicted molar refractivity (Wildman–Crippen MR) is 109 cm³/mol. The molecule has 0 spiro atoms. The van der Waals surface area contributed by atoms with Crippen molar-refractivity contribution in [3.8, 4) is 5.75 Å². The minimum Gasteiger partial charge on any atom is -0.484 e. The summed E-state index contributed by atoms with van der Waals surface area (Å²) >= 11 is 7.08. The van der Waals surface area contributed by atoms with Gasteiger partial charge >= 0.3 is 0 Å². The van der Waals surface area contributed by atoms with Crippen LogP contribution in [0, 0.1) is 13.8 Å². The highest BCUT2D eigenvalue weighted by Gasteiger charge is 2.17. The van der Waals surface area contributed by atoms with Gasteiger partial charge in [-0.1, -0.05) is 30.3 Å². The van der Waals surface area contributed by atoms with Crippen LogP contribution in [-0.2, 0) is 13.2 Å². The summed E-state index contributed by atoms with van der Waals surface area (Å²) in [6.45, 7) is 7.21. The van der Waals surface area contributed by atoms with E-state index in [1.165, 1.54) is 11.8 Å². The topological polar surface area (TPSA) is 70.2 Å². The first kappa shape index (κ1) is 20.5. The van der Waals surface area contributed by atoms with E-state index in [4.69, 9.17) is 20.8 Å². The number of ether oxygens (including phenoxy) is 1. The highest BCUT2D eigenvalue weighted by Crippen LogP contribution is 2.22. The van der Waals surface area contributed by atoms with Crippen molar-refractivity contribution in [1.82, 2.24) is 14.8 Å². The number of carbonyl (C=O) groups excluding carboxylic acids is 1. The van der Waals surface area contributed by atoms with Gasteiger partial charge in [0.15, 0.2) is 12.4 Å². The Hall–Kier alpha value is -2.25. The number of Topliss-reactive ketones (excluding diaryl/α,β-unsaturated/α-hetero) is 1. The quantitative estimate of drug-likeness (QED) is 0.354. The van der Waals surface area contributed by atoms with Gasteiger partial charge in [0.25, 0.3) is 11.1 Å². The lowest BCUT2D eigenvalue weighted by Gasteiger charge is -2.07. The first-order valence-electron chi connectivity index (χ1n) is 9.01. The molecule has 6 nitrogen and oxygen atoms in total. The van der Waals surface area contributed by atoms with Crippen LogP contribution < -0.4 is 4.74 Å². The maximum atomic E-state index is 12.6. The zero-order chi connectivity index (χ0) is 20.1. The van der Waals surface area contributed by atoms with Crippen molar-refractivity contribution in [3.05, 3.63) is 58.2 Å². The van der Waals surface area contributed by atoms with Crippen molar-refractivity contribution < 1.29 is 13.9 Å². The third-order valence-electron chi connectivity index (χ3n) is 4.27. The normalized spacial score (nSPS) is 11.0. The zero-order valence-electron chi connectivity index (χ0n) is 16.1. The molecule has 3 aromatic rings. The van der Waals surface area contributed by atoms with Crippen molar-refractivity contribution in [2.75, 3.05) is 5.75 Å². The number of rotatable bonds is 9. The van der Waals surface area contributed by atoms with E-state index in [1.807, 2.05) is 19.9 Å². The van der Waals surface area contributed by atoms with Crippen LogP contribution in [0.2, 0.25) is 5.02 Å². The van der Waals surface area contributed by atoms with Crippen LogP contribution in [0.3, 0.4) is 0 Å². The van der Waals surface area contributed by atoms with Crippen molar-refractivity contribution in [2.45, 2.75) is 45.6 Å². The monoisotopic (exact) mass is 419 g/mol. The van der Waals surface area contributed by atoms with Gasteiger partial charge in [-0.3, -0.25) is 4.79 Å². The Morgan fingerprint density at radius 1 is 1.25 bits per heavy atom. The van der Waals surface area contributed by atoms with Gasteiger partial charge < -0.3 is 13.7 Å². The minimum atomic E-state index is 0.0533. The molecule has 0 radical (unpaired) electrons. The first-order valence-corrected chi connectivity index (χ1v) is 10.4. The third kappa shape index (κ3) is 4.97. The van der Waals surface area contributed by atoms with Crippen molar-refractivity contribution in [2.24, 2.45) is 0 Å². The molecule has 0 aliphatic heterocycles. The maximum absolute atomic E-state index is 12.6. The lowest BCUT2D eigenvalue weighted by Crippen LogP contribution is -2.06. The fraction of sp³-hybridized carbons (Fsp3) is 0.350. The van der Waals surface area contributed by atoms with E-state index < -0.39 is 0 Å². The summed E-state index contributed by atoms with van der Waals surface area (Å²) < 4.78 is 13.3. The lowest BCUT2D eigenvalue weighted by atomic mass is 10.2. The number of hydrogen-bond acceptors (Lipinski definition) is 6. The molecule has 0 atom stereocenters. The Balaban J connectivity index is 1.54. The zero-order valence-corrected chi connectivity index (χ0v) is 17.6. The second kappa shape index (κ2) is 9.30. The highest BCUT2D eigenvalue weighted by molar-refractivity contribution is 7.99. The maximum Gasteiger partial charge on any atom is 0.277 e. The van der Waals surface area contributed by atoms with Gasteiger partial charge in [-0.15, -0.1) is 10.2 Å². The van der Waals surface area contributed by atoms with Gasteiger partial charge in [-0.2, -0.15) is 0 Å². The molecule has 0 saturated heterocycles. The Bertz CT molecular complexity index is 950. The van der Waals surface area contributed by atoms with Crippen LogP contribution in [0.5, 0.6) is 5.75 Å². The van der Waals surface area contributed by atoms with Crippen molar-refractivity contribution in [1.29, 1.82) is 0 Å². The number of nitrogens with zero attached hydrogens (tertiary/aromatic N) is 3. The smallest absolute Gasteiger partial charge is 0.277 e. The number of ketones is 1. The summed E-state index contributed by atoms with van der Waals surface area (Å²) in [5.41, 5.74) is 2.86. The molecule has 0 aliphatic rings. The number of thioether (sulfide) groups is 1. The molecule has 2 aromatic heterocycles. The van der Waals surface area contributed by atoms with Crippen LogP contribution in [0.15, 0.2) is 40.0 Å². The Morgan fingerprint density at radius 2 is 2.00 bits per heavy atom. The molecule has 148 valence electrons. The van der Waals surface area contributed by atoms with E-state index in [2.05, 4.69) is 21.7 Å². The van der Waals surface area contributed by atoms with Gasteiger partial charge in [0.2, 0.25) is 0 Å². The number of benzene rings is 1. The van der Waals surface area contributed by atoms with Gasteiger partial charge in [0, 0.05) is 28.5 Å². The Labute approximate surface area is 173 Å². The van der Waals surface area contributed by atoms with Crippen LogP contribution in [-0.4, -0.2) is 26.3 Å². The molecule has 0 unspecified atom stereocenters. The second-order valence-corrected chi connectivity index (χ2v) is 7.72. The molecule has 0 saturated carbocycles. The van der Waals surface area contributed by atoms with Crippen LogP contribution in [0.4, 0.5) is 0 Å². The van der Waals surface area contributed by atoms with Crippen LogP contribution >= 0.6 is 23.4 Å². The number of halogens is 1. The lowest BCUT2D eigenvalue weighted by molar-refractivity contribution is 0.102. The van der Waals surface area contributed by atoms with Crippen molar-refractivity contribution >= 4 is 29.1 Å². The van der Waals surface area contributed by atoms with Gasteiger partial charge in [0.05, 0.1) is 5.75 Å². The van der Waals surface area contributed by atoms with E-state index in [1.54, 1.807) is 24.3 Å². The first-order chi connectivity index (χ1) is 13.5. The molecular weight excluding hydrogens is 398 g/mol. The third-order valence-corrected chi connectivity index (χ3v) is 5.34. The van der Waals surface area contributed by atoms with E-state index >= 15 is 0 Å². The van der Waals surface area contributed by atoms with E-state index in [9.17, 15) is 4.79 Å². The number of carbonyl (C=O) groups is 1. The minimum absolute atomic E-state index is 0.0533. The summed E-state index contributed by atoms with van der Waals surface area (Å²) in [5, 5.41) is 8.92. The van der Waals surface area contributed by atoms with Gasteiger partial charge in [-0.25, -0.2) is 0 Å². The summed E-state index contributed by atoms with van der Waals surface area (Å²) in [6.07, 6.45) is 1.03. The number of aromatic nitrogens is 3. The Kier molecular flexibility index (Phi) is 6.80. The van der Waals surface area contributed by atoms with Crippen LogP contribution in [0.25, 0.3) is 0 Å². The molecule has 0 amide bonds. The molecule has 1 aromatic carbocycles. The fourth-order valence-electron chi connectivity index (χ4n) is 2.89. The second-order valence-electron chi connectivity index (χ2n) is 6.35. The largest absolute Gasteiger partial charge is 0.484 e. The molecule has 2 heterocycles. The van der Waals surface area contributed by atoms with E-state index in [0.29, 0.717) is 21.9 Å². The predicted octanol–water partition coefficient (Wildman–Crippen LogP) is 5.11. The summed E-state index contributed by atoms with van der Waals surface area (Å²) in [7, 11) is 0. The molecular formula is C20H22ClN3O3S. The number of hydrogen-bond donors (Lipinski definition) is 0. The molecule has 0 bridgehead atoms. The molecule has 3 rings (SSSR count). The Morgan fingerprint density at radius 3 is 2.71 bits per heavy atom. The average Bonchev–Trinajstić information content (AvgIpc) is 3.25. The van der Waals surface area contributed by atoms with Crippen molar-refractivity contribution in [3.63, 3.8) is 0 Å². The van der Waals surface area contributed by atoms with E-state index in [0.717, 1.165) is 29.9 Å². The van der Waals surface area contributed by atoms with Gasteiger partial charge in [0.1, 0.15) is 5.75 Å². The molecule has 0 fully saturated rings. The van der Waals surface area contributed by atoms with Crippen LogP contribution in [0.1, 0.15) is 41.0 Å². The molecule has 28 heavy (non-hydrogen) atoms. The average molecular weight is 420 g/mol. The molecule has 0 N–H and O–H groups in total. The summed E-state index contributed by atoms with van der Waals surface area (Å²) in [4.78, 5) is 12.6. The standard InChI is InChI=1S/C20H22ClN3O3S/c1-4-9-24-13(2)10-17(14(24)3)18(25)12-28-20-23-22-19(27-20)11-26-16-7-5-15(21)6-8-16/h5-8,10H,4,9,11-12H2,1-3H3. The highest BCUT2D eigenvalue weighted by atomic mass is 35.5. The SMILES string of the molecule is CCCn1c(C)cc(C(=O)CSc2nnc(COc3ccc(Cl)cc3)o2)c1C. The molecule has 0 aliphatic carbocycles. The summed E-state index contributed by atoms with van der Waals surface area (Å²) in [6, 6.07) is 8.97.